The van der Waals surface area contributed by atoms with E-state index in [0.717, 1.165) is 6.20 Å². The van der Waals surface area contributed by atoms with Crippen molar-refractivity contribution >= 4 is 16.5 Å². The second-order valence-electron chi connectivity index (χ2n) is 9.24. The molecular weight excluding hydrogens is 520 g/mol. The molecule has 2 N–H and O–H groups in total. The zero-order valence-electron chi connectivity index (χ0n) is 20.8. The summed E-state index contributed by atoms with van der Waals surface area (Å²) in [5.74, 6) is 0.406. The van der Waals surface area contributed by atoms with Gasteiger partial charge >= 0.3 is 6.18 Å². The fraction of sp³-hybridized carbons (Fsp3) is 0.296. The Balaban J connectivity index is 1.32. The molecule has 0 bridgehead atoms. The fourth-order valence-corrected chi connectivity index (χ4v) is 4.67. The van der Waals surface area contributed by atoms with E-state index in [4.69, 9.17) is 9.47 Å². The molecule has 12 heteroatoms. The number of ether oxygens (including phenoxy) is 2. The molecule has 3 heterocycles. The predicted molar refractivity (Wildman–Crippen MR) is 137 cm³/mol. The number of anilines is 1. The summed E-state index contributed by atoms with van der Waals surface area (Å²) >= 11 is 0. The molecule has 2 aromatic carbocycles. The molecule has 2 aromatic heterocycles. The Morgan fingerprint density at radius 2 is 1.92 bits per heavy atom. The van der Waals surface area contributed by atoms with Crippen LogP contribution in [0.5, 0.6) is 11.5 Å². The molecule has 5 rings (SSSR count). The average Bonchev–Trinajstić information content (AvgIpc) is 2.89. The van der Waals surface area contributed by atoms with Crippen LogP contribution in [0.3, 0.4) is 0 Å². The molecule has 0 saturated heterocycles. The third-order valence-corrected chi connectivity index (χ3v) is 6.50. The van der Waals surface area contributed by atoms with E-state index in [1.165, 1.54) is 10.6 Å². The number of aromatic amines is 1. The summed E-state index contributed by atoms with van der Waals surface area (Å²) in [6.07, 6.45) is -1.49. The average molecular weight is 545 g/mol. The van der Waals surface area contributed by atoms with Gasteiger partial charge in [-0.25, -0.2) is 9.49 Å². The number of aromatic nitrogens is 3. The minimum atomic E-state index is -4.84. The number of pyridine rings is 1. The van der Waals surface area contributed by atoms with Crippen molar-refractivity contribution < 1.29 is 27.0 Å². The molecule has 0 aliphatic carbocycles. The van der Waals surface area contributed by atoms with Crippen LogP contribution in [0, 0.1) is 5.82 Å². The number of benzene rings is 2. The summed E-state index contributed by atoms with van der Waals surface area (Å²) in [5.41, 5.74) is -2.65. The molecule has 1 unspecified atom stereocenters. The van der Waals surface area contributed by atoms with Crippen LogP contribution in [0.15, 0.2) is 58.4 Å². The highest BCUT2D eigenvalue weighted by atomic mass is 19.4. The molecule has 4 aromatic rings. The summed E-state index contributed by atoms with van der Waals surface area (Å²) < 4.78 is 67.8. The Morgan fingerprint density at radius 3 is 2.72 bits per heavy atom. The molecule has 0 saturated carbocycles. The van der Waals surface area contributed by atoms with Gasteiger partial charge in [-0.2, -0.15) is 18.3 Å². The zero-order chi connectivity index (χ0) is 27.7. The summed E-state index contributed by atoms with van der Waals surface area (Å²) in [7, 11) is 0. The monoisotopic (exact) mass is 544 g/mol. The zero-order valence-corrected chi connectivity index (χ0v) is 20.8. The number of fused-ring (bicyclic) bond motifs is 2. The fourth-order valence-electron chi connectivity index (χ4n) is 4.67. The summed E-state index contributed by atoms with van der Waals surface area (Å²) in [6.45, 7) is 2.69. The number of nitrogens with zero attached hydrogens (tertiary/aromatic N) is 2. The Labute approximate surface area is 219 Å². The van der Waals surface area contributed by atoms with Crippen molar-refractivity contribution in [1.29, 1.82) is 0 Å². The molecule has 1 aliphatic heterocycles. The van der Waals surface area contributed by atoms with Crippen LogP contribution in [0.2, 0.25) is 0 Å². The molecule has 39 heavy (non-hydrogen) atoms. The van der Waals surface area contributed by atoms with E-state index in [1.807, 2.05) is 0 Å². The summed E-state index contributed by atoms with van der Waals surface area (Å²) in [5, 5.41) is 8.68. The lowest BCUT2D eigenvalue weighted by molar-refractivity contribution is -0.138. The first-order valence-electron chi connectivity index (χ1n) is 12.3. The summed E-state index contributed by atoms with van der Waals surface area (Å²) in [6, 6.07) is 9.29. The highest BCUT2D eigenvalue weighted by molar-refractivity contribution is 5.88. The number of hydrogen-bond acceptors (Lipinski definition) is 6. The van der Waals surface area contributed by atoms with Crippen LogP contribution >= 0.6 is 0 Å². The van der Waals surface area contributed by atoms with E-state index in [1.54, 1.807) is 48.6 Å². The van der Waals surface area contributed by atoms with Crippen molar-refractivity contribution in [3.8, 4) is 22.6 Å². The Morgan fingerprint density at radius 1 is 1.13 bits per heavy atom. The Bertz CT molecular complexity index is 1650. The quantitative estimate of drug-likeness (QED) is 0.319. The maximum Gasteiger partial charge on any atom is 0.423 e. The van der Waals surface area contributed by atoms with Gasteiger partial charge in [-0.15, -0.1) is 0 Å². The van der Waals surface area contributed by atoms with E-state index in [-0.39, 0.29) is 23.1 Å². The molecule has 1 aliphatic rings. The second kappa shape index (κ2) is 10.4. The maximum atomic E-state index is 15.2. The third-order valence-electron chi connectivity index (χ3n) is 6.50. The van der Waals surface area contributed by atoms with Crippen LogP contribution < -0.4 is 25.9 Å². The predicted octanol–water partition coefficient (Wildman–Crippen LogP) is 4.96. The van der Waals surface area contributed by atoms with Crippen LogP contribution in [0.4, 0.5) is 23.2 Å². The lowest BCUT2D eigenvalue weighted by Crippen LogP contribution is -2.27. The van der Waals surface area contributed by atoms with Gasteiger partial charge in [0.25, 0.3) is 11.1 Å². The number of halogens is 4. The lowest BCUT2D eigenvalue weighted by Gasteiger charge is -2.21. The highest BCUT2D eigenvalue weighted by Crippen LogP contribution is 2.41. The van der Waals surface area contributed by atoms with E-state index >= 15 is 4.39 Å². The van der Waals surface area contributed by atoms with Crippen molar-refractivity contribution in [3.05, 3.63) is 80.9 Å². The number of nitrogens with one attached hydrogen (secondary N) is 2. The molecular formula is C27H24F4N4O4. The lowest BCUT2D eigenvalue weighted by atomic mass is 10.00. The molecule has 8 nitrogen and oxygen atoms in total. The van der Waals surface area contributed by atoms with E-state index < -0.39 is 34.8 Å². The normalized spacial score (nSPS) is 13.9. The van der Waals surface area contributed by atoms with Gasteiger partial charge in [0.2, 0.25) is 0 Å². The second-order valence-corrected chi connectivity index (χ2v) is 9.24. The standard InChI is InChI=1S/C27H24F4N4O4/c1-15(33-21-14-32-34-25(36)23(21)27(29,30)31)4-3-8-35-9-7-16-12-19(20(28)13-18(16)26(35)37)17-5-2-6-22-24(17)39-11-10-38-22/h2,5-7,9,12-15H,3-4,8,10-11H2,1H3,(H2,33,34,36). The Kier molecular flexibility index (Phi) is 7.02. The number of rotatable bonds is 7. The van der Waals surface area contributed by atoms with Gasteiger partial charge < -0.3 is 19.4 Å². The van der Waals surface area contributed by atoms with E-state index in [2.05, 4.69) is 10.4 Å². The highest BCUT2D eigenvalue weighted by Gasteiger charge is 2.37. The van der Waals surface area contributed by atoms with Crippen molar-refractivity contribution in [2.24, 2.45) is 0 Å². The van der Waals surface area contributed by atoms with Crippen LogP contribution in [0.1, 0.15) is 25.3 Å². The van der Waals surface area contributed by atoms with E-state index in [9.17, 15) is 22.8 Å². The van der Waals surface area contributed by atoms with Gasteiger partial charge in [0.05, 0.1) is 17.3 Å². The number of H-pyrrole nitrogens is 1. The maximum absolute atomic E-state index is 15.2. The van der Waals surface area contributed by atoms with Gasteiger partial charge in [0, 0.05) is 29.9 Å². The minimum absolute atomic E-state index is 0.205. The number of aryl methyl sites for hydroxylation is 1. The van der Waals surface area contributed by atoms with Crippen molar-refractivity contribution in [2.45, 2.75) is 38.5 Å². The number of para-hydroxylation sites is 1. The first-order chi connectivity index (χ1) is 18.6. The SMILES string of the molecule is CC(CCCn1ccc2cc(-c3cccc4c3OCCO4)c(F)cc2c1=O)Nc1cn[nH]c(=O)c1C(F)(F)F. The van der Waals surface area contributed by atoms with Gasteiger partial charge in [-0.1, -0.05) is 12.1 Å². The third kappa shape index (κ3) is 5.31. The van der Waals surface area contributed by atoms with Crippen molar-refractivity contribution in [1.82, 2.24) is 14.8 Å². The van der Waals surface area contributed by atoms with Gasteiger partial charge in [0.15, 0.2) is 11.5 Å². The first kappa shape index (κ1) is 26.3. The van der Waals surface area contributed by atoms with Crippen LogP contribution in [-0.4, -0.2) is 34.0 Å². The number of hydrogen-bond donors (Lipinski definition) is 2. The molecule has 204 valence electrons. The minimum Gasteiger partial charge on any atom is -0.486 e. The summed E-state index contributed by atoms with van der Waals surface area (Å²) in [4.78, 5) is 24.7. The van der Waals surface area contributed by atoms with Crippen molar-refractivity contribution in [3.63, 3.8) is 0 Å². The van der Waals surface area contributed by atoms with Gasteiger partial charge in [-0.3, -0.25) is 9.59 Å². The number of alkyl halides is 3. The largest absolute Gasteiger partial charge is 0.486 e. The van der Waals surface area contributed by atoms with Gasteiger partial charge in [0.1, 0.15) is 24.6 Å². The first-order valence-corrected chi connectivity index (χ1v) is 12.3. The molecule has 0 radical (unpaired) electrons. The van der Waals surface area contributed by atoms with Gasteiger partial charge in [-0.05, 0) is 49.4 Å². The topological polar surface area (TPSA) is 98.2 Å². The van der Waals surface area contributed by atoms with Crippen molar-refractivity contribution in [2.75, 3.05) is 18.5 Å². The van der Waals surface area contributed by atoms with Crippen LogP contribution in [0.25, 0.3) is 21.9 Å². The molecule has 0 fully saturated rings. The Hall–Kier alpha value is -4.35. The molecule has 0 amide bonds. The van der Waals surface area contributed by atoms with Crippen LogP contribution in [-0.2, 0) is 12.7 Å². The molecule has 1 atom stereocenters. The van der Waals surface area contributed by atoms with E-state index in [0.29, 0.717) is 48.5 Å². The smallest absolute Gasteiger partial charge is 0.423 e. The molecule has 0 spiro atoms.